The number of benzene rings is 1. The molecule has 0 aliphatic carbocycles. The number of carbonyl (C=O) groups excluding carboxylic acids is 1. The highest BCUT2D eigenvalue weighted by molar-refractivity contribution is 8.00. The Morgan fingerprint density at radius 1 is 1.35 bits per heavy atom. The van der Waals surface area contributed by atoms with Crippen LogP contribution in [-0.2, 0) is 11.8 Å². The average molecular weight is 346 g/mol. The molecule has 2 heterocycles. The Kier molecular flexibility index (Phi) is 4.68. The number of nitrogens with one attached hydrogen (secondary N) is 1. The molecule has 1 amide bonds. The van der Waals surface area contributed by atoms with Crippen molar-refractivity contribution in [2.24, 2.45) is 7.05 Å². The Morgan fingerprint density at radius 3 is 2.83 bits per heavy atom. The number of aromatic nitrogens is 5. The van der Waals surface area contributed by atoms with Crippen LogP contribution >= 0.6 is 23.1 Å². The number of thioether (sulfide) groups is 1. The molecule has 0 bridgehead atoms. The van der Waals surface area contributed by atoms with Gasteiger partial charge in [0.05, 0.1) is 10.9 Å². The van der Waals surface area contributed by atoms with E-state index in [9.17, 15) is 4.79 Å². The summed E-state index contributed by atoms with van der Waals surface area (Å²) < 4.78 is 1.53. The minimum absolute atomic E-state index is 0.132. The van der Waals surface area contributed by atoms with Crippen molar-refractivity contribution in [3.05, 3.63) is 35.7 Å². The fourth-order valence-corrected chi connectivity index (χ4v) is 3.29. The maximum Gasteiger partial charge on any atom is 0.239 e. The van der Waals surface area contributed by atoms with E-state index in [-0.39, 0.29) is 11.2 Å². The van der Waals surface area contributed by atoms with Gasteiger partial charge in [0, 0.05) is 18.0 Å². The largest absolute Gasteiger partial charge is 0.301 e. The van der Waals surface area contributed by atoms with Crippen LogP contribution < -0.4 is 5.32 Å². The Bertz CT molecular complexity index is 800. The molecule has 1 aromatic carbocycles. The molecule has 0 radical (unpaired) electrons. The van der Waals surface area contributed by atoms with E-state index >= 15 is 0 Å². The van der Waals surface area contributed by atoms with Gasteiger partial charge in [-0.05, 0) is 17.4 Å². The van der Waals surface area contributed by atoms with Crippen LogP contribution in [0.15, 0.2) is 40.9 Å². The second-order valence-corrected chi connectivity index (χ2v) is 6.90. The van der Waals surface area contributed by atoms with Crippen LogP contribution in [-0.4, -0.2) is 36.3 Å². The normalized spacial score (nSPS) is 12.1. The number of thiazole rings is 1. The lowest BCUT2D eigenvalue weighted by atomic mass is 10.2. The van der Waals surface area contributed by atoms with E-state index in [2.05, 4.69) is 25.8 Å². The van der Waals surface area contributed by atoms with E-state index in [1.54, 1.807) is 14.0 Å². The number of nitrogens with zero attached hydrogens (tertiary/aromatic N) is 5. The summed E-state index contributed by atoms with van der Waals surface area (Å²) in [5.41, 5.74) is 1.88. The quantitative estimate of drug-likeness (QED) is 0.714. The van der Waals surface area contributed by atoms with Crippen molar-refractivity contribution in [3.8, 4) is 11.3 Å². The zero-order chi connectivity index (χ0) is 16.2. The van der Waals surface area contributed by atoms with Crippen LogP contribution in [0, 0.1) is 0 Å². The highest BCUT2D eigenvalue weighted by Gasteiger charge is 2.19. The molecule has 0 saturated heterocycles. The maximum atomic E-state index is 12.3. The number of hydrogen-bond acceptors (Lipinski definition) is 7. The lowest BCUT2D eigenvalue weighted by Gasteiger charge is -2.08. The van der Waals surface area contributed by atoms with E-state index in [1.165, 1.54) is 27.8 Å². The van der Waals surface area contributed by atoms with Gasteiger partial charge in [-0.1, -0.05) is 42.1 Å². The lowest BCUT2D eigenvalue weighted by molar-refractivity contribution is -0.115. The van der Waals surface area contributed by atoms with Gasteiger partial charge in [-0.25, -0.2) is 9.67 Å². The number of aryl methyl sites for hydroxylation is 1. The third-order valence-corrected chi connectivity index (χ3v) is 4.92. The van der Waals surface area contributed by atoms with Gasteiger partial charge in [0.15, 0.2) is 5.13 Å². The monoisotopic (exact) mass is 346 g/mol. The zero-order valence-corrected chi connectivity index (χ0v) is 14.1. The molecule has 23 heavy (non-hydrogen) atoms. The number of carbonyl (C=O) groups is 1. The summed E-state index contributed by atoms with van der Waals surface area (Å²) in [5, 5.41) is 16.8. The van der Waals surface area contributed by atoms with Gasteiger partial charge in [0.2, 0.25) is 11.1 Å². The molecule has 1 N–H and O–H groups in total. The molecular formula is C14H14N6OS2. The average Bonchev–Trinajstić information content (AvgIpc) is 3.18. The van der Waals surface area contributed by atoms with Crippen molar-refractivity contribution in [3.63, 3.8) is 0 Å². The van der Waals surface area contributed by atoms with Crippen LogP contribution in [0.1, 0.15) is 6.92 Å². The molecule has 9 heteroatoms. The molecule has 0 saturated carbocycles. The fourth-order valence-electron chi connectivity index (χ4n) is 1.81. The first-order valence-electron chi connectivity index (χ1n) is 6.84. The number of anilines is 1. The van der Waals surface area contributed by atoms with Crippen molar-refractivity contribution in [1.82, 2.24) is 25.2 Å². The Morgan fingerprint density at radius 2 is 2.13 bits per heavy atom. The van der Waals surface area contributed by atoms with Gasteiger partial charge < -0.3 is 5.32 Å². The van der Waals surface area contributed by atoms with Crippen LogP contribution in [0.3, 0.4) is 0 Å². The summed E-state index contributed by atoms with van der Waals surface area (Å²) >= 11 is 2.70. The van der Waals surface area contributed by atoms with Crippen LogP contribution in [0.4, 0.5) is 5.13 Å². The number of tetrazole rings is 1. The van der Waals surface area contributed by atoms with Crippen LogP contribution in [0.25, 0.3) is 11.3 Å². The highest BCUT2D eigenvalue weighted by atomic mass is 32.2. The third kappa shape index (κ3) is 3.74. The molecule has 3 aromatic rings. The molecular weight excluding hydrogens is 332 g/mol. The summed E-state index contributed by atoms with van der Waals surface area (Å²) in [6.07, 6.45) is 0. The first-order valence-corrected chi connectivity index (χ1v) is 8.60. The molecule has 0 spiro atoms. The molecule has 118 valence electrons. The molecule has 0 aliphatic rings. The van der Waals surface area contributed by atoms with Gasteiger partial charge in [-0.3, -0.25) is 4.79 Å². The molecule has 1 unspecified atom stereocenters. The number of amides is 1. The van der Waals surface area contributed by atoms with E-state index in [4.69, 9.17) is 0 Å². The molecule has 0 fully saturated rings. The van der Waals surface area contributed by atoms with Crippen molar-refractivity contribution in [2.45, 2.75) is 17.3 Å². The standard InChI is InChI=1S/C14H14N6OS2/c1-9(23-14-17-18-19-20(14)2)12(21)16-13-15-11(8-22-13)10-6-4-3-5-7-10/h3-9H,1-2H3,(H,15,16,21). The predicted molar refractivity (Wildman–Crippen MR) is 90.3 cm³/mol. The van der Waals surface area contributed by atoms with Crippen LogP contribution in [0.5, 0.6) is 0 Å². The molecule has 7 nitrogen and oxygen atoms in total. The SMILES string of the molecule is CC(Sc1nnnn1C)C(=O)Nc1nc(-c2ccccc2)cs1. The minimum Gasteiger partial charge on any atom is -0.301 e. The maximum absolute atomic E-state index is 12.3. The van der Waals surface area contributed by atoms with Gasteiger partial charge in [-0.2, -0.15) is 0 Å². The van der Waals surface area contributed by atoms with Crippen molar-refractivity contribution < 1.29 is 4.79 Å². The molecule has 2 aromatic heterocycles. The third-order valence-electron chi connectivity index (χ3n) is 3.04. The second-order valence-electron chi connectivity index (χ2n) is 4.74. The van der Waals surface area contributed by atoms with Gasteiger partial charge in [0.25, 0.3) is 0 Å². The van der Waals surface area contributed by atoms with Crippen LogP contribution in [0.2, 0.25) is 0 Å². The summed E-state index contributed by atoms with van der Waals surface area (Å²) in [6.45, 7) is 1.81. The minimum atomic E-state index is -0.330. The summed E-state index contributed by atoms with van der Waals surface area (Å²) in [5.74, 6) is -0.132. The number of hydrogen-bond donors (Lipinski definition) is 1. The molecule has 3 rings (SSSR count). The first-order chi connectivity index (χ1) is 11.1. The topological polar surface area (TPSA) is 85.6 Å². The molecule has 1 atom stereocenters. The zero-order valence-electron chi connectivity index (χ0n) is 12.5. The highest BCUT2D eigenvalue weighted by Crippen LogP contribution is 2.26. The lowest BCUT2D eigenvalue weighted by Crippen LogP contribution is -2.22. The Hall–Kier alpha value is -2.26. The smallest absolute Gasteiger partial charge is 0.239 e. The Labute approximate surface area is 141 Å². The summed E-state index contributed by atoms with van der Waals surface area (Å²) in [7, 11) is 1.74. The summed E-state index contributed by atoms with van der Waals surface area (Å²) in [6, 6.07) is 9.85. The predicted octanol–water partition coefficient (Wildman–Crippen LogP) is 2.45. The van der Waals surface area contributed by atoms with E-state index in [0.29, 0.717) is 10.3 Å². The van der Waals surface area contributed by atoms with Crippen molar-refractivity contribution >= 4 is 34.1 Å². The fraction of sp³-hybridized carbons (Fsp3) is 0.214. The summed E-state index contributed by atoms with van der Waals surface area (Å²) in [4.78, 5) is 16.7. The van der Waals surface area contributed by atoms with E-state index in [1.807, 2.05) is 35.7 Å². The van der Waals surface area contributed by atoms with Gasteiger partial charge >= 0.3 is 0 Å². The Balaban J connectivity index is 1.64. The van der Waals surface area contributed by atoms with Gasteiger partial charge in [0.1, 0.15) is 0 Å². The van der Waals surface area contributed by atoms with E-state index < -0.39 is 0 Å². The molecule has 0 aliphatic heterocycles. The number of rotatable bonds is 5. The van der Waals surface area contributed by atoms with Crippen molar-refractivity contribution in [2.75, 3.05) is 5.32 Å². The first kappa shape index (κ1) is 15.6. The van der Waals surface area contributed by atoms with E-state index in [0.717, 1.165) is 11.3 Å². The second kappa shape index (κ2) is 6.88. The van der Waals surface area contributed by atoms with Crippen molar-refractivity contribution in [1.29, 1.82) is 0 Å². The van der Waals surface area contributed by atoms with Gasteiger partial charge in [-0.15, -0.1) is 16.4 Å².